The van der Waals surface area contributed by atoms with Crippen molar-refractivity contribution < 1.29 is 0 Å². The second-order valence-electron chi connectivity index (χ2n) is 6.19. The molecular formula is C19H31N. The summed E-state index contributed by atoms with van der Waals surface area (Å²) in [5.74, 6) is 0. The van der Waals surface area contributed by atoms with E-state index in [0.29, 0.717) is 6.04 Å². The number of rotatable bonds is 8. The molecule has 1 aromatic rings. The maximum atomic E-state index is 3.68. The molecule has 1 N–H and O–H groups in total. The third kappa shape index (κ3) is 4.34. The van der Waals surface area contributed by atoms with Crippen LogP contribution in [0.25, 0.3) is 0 Å². The third-order valence-electron chi connectivity index (χ3n) is 4.57. The number of benzene rings is 1. The van der Waals surface area contributed by atoms with Crippen molar-refractivity contribution in [1.82, 2.24) is 5.32 Å². The first kappa shape index (κ1) is 15.6. The fraction of sp³-hybridized carbons (Fsp3) is 0.684. The maximum Gasteiger partial charge on any atom is 0.0320 e. The topological polar surface area (TPSA) is 12.0 Å². The van der Waals surface area contributed by atoms with Crippen molar-refractivity contribution in [2.45, 2.75) is 77.7 Å². The fourth-order valence-electron chi connectivity index (χ4n) is 3.38. The summed E-state index contributed by atoms with van der Waals surface area (Å²) in [6, 6.07) is 7.81. The van der Waals surface area contributed by atoms with Crippen LogP contribution < -0.4 is 5.32 Å². The molecule has 0 saturated heterocycles. The number of hydrogen-bond acceptors (Lipinski definition) is 1. The lowest BCUT2D eigenvalue weighted by atomic mass is 9.88. The zero-order valence-electron chi connectivity index (χ0n) is 13.4. The fourth-order valence-corrected chi connectivity index (χ4v) is 3.38. The molecule has 0 fully saturated rings. The number of hydrogen-bond donors (Lipinski definition) is 1. The van der Waals surface area contributed by atoms with Crippen LogP contribution in [0, 0.1) is 0 Å². The summed E-state index contributed by atoms with van der Waals surface area (Å²) in [6.45, 7) is 5.57. The smallest absolute Gasteiger partial charge is 0.0320 e. The highest BCUT2D eigenvalue weighted by molar-refractivity contribution is 5.35. The highest BCUT2D eigenvalue weighted by atomic mass is 14.9. The average Bonchev–Trinajstić information content (AvgIpc) is 2.50. The average molecular weight is 273 g/mol. The molecule has 0 aromatic heterocycles. The number of aryl methyl sites for hydroxylation is 2. The molecule has 0 spiro atoms. The van der Waals surface area contributed by atoms with E-state index in [9.17, 15) is 0 Å². The standard InChI is InChI=1S/C19H31N/c1-3-5-6-7-12-19(20-4-2)18-14-13-16-10-8-9-11-17(16)15-18/h13-15,19-20H,3-12H2,1-2H3. The van der Waals surface area contributed by atoms with E-state index in [2.05, 4.69) is 37.4 Å². The summed E-state index contributed by atoms with van der Waals surface area (Å²) in [6.07, 6.45) is 12.0. The summed E-state index contributed by atoms with van der Waals surface area (Å²) < 4.78 is 0. The summed E-state index contributed by atoms with van der Waals surface area (Å²) in [5, 5.41) is 3.68. The summed E-state index contributed by atoms with van der Waals surface area (Å²) in [4.78, 5) is 0. The SMILES string of the molecule is CCCCCCC(NCC)c1ccc2c(c1)CCCC2. The molecule has 20 heavy (non-hydrogen) atoms. The van der Waals surface area contributed by atoms with Crippen molar-refractivity contribution in [3.8, 4) is 0 Å². The van der Waals surface area contributed by atoms with Gasteiger partial charge in [-0.15, -0.1) is 0 Å². The van der Waals surface area contributed by atoms with Crippen molar-refractivity contribution in [2.24, 2.45) is 0 Å². The summed E-state index contributed by atoms with van der Waals surface area (Å²) in [5.41, 5.74) is 4.73. The first-order valence-corrected chi connectivity index (χ1v) is 8.70. The molecule has 0 bridgehead atoms. The molecule has 0 saturated carbocycles. The molecule has 1 aromatic carbocycles. The highest BCUT2D eigenvalue weighted by Gasteiger charge is 2.14. The maximum absolute atomic E-state index is 3.68. The normalized spacial score (nSPS) is 15.9. The van der Waals surface area contributed by atoms with Crippen LogP contribution >= 0.6 is 0 Å². The van der Waals surface area contributed by atoms with E-state index in [1.165, 1.54) is 63.4 Å². The quantitative estimate of drug-likeness (QED) is 0.643. The Morgan fingerprint density at radius 2 is 1.80 bits per heavy atom. The Balaban J connectivity index is 2.00. The van der Waals surface area contributed by atoms with E-state index < -0.39 is 0 Å². The number of fused-ring (bicyclic) bond motifs is 1. The van der Waals surface area contributed by atoms with Gasteiger partial charge in [-0.2, -0.15) is 0 Å². The van der Waals surface area contributed by atoms with E-state index in [1.807, 2.05) is 0 Å². The first-order valence-electron chi connectivity index (χ1n) is 8.70. The van der Waals surface area contributed by atoms with Gasteiger partial charge in [0.2, 0.25) is 0 Å². The molecule has 1 heteroatoms. The van der Waals surface area contributed by atoms with E-state index in [1.54, 1.807) is 11.1 Å². The summed E-state index contributed by atoms with van der Waals surface area (Å²) >= 11 is 0. The minimum absolute atomic E-state index is 0.559. The molecule has 1 aliphatic carbocycles. The predicted octanol–water partition coefficient (Wildman–Crippen LogP) is 5.19. The molecule has 0 heterocycles. The van der Waals surface area contributed by atoms with Gasteiger partial charge in [-0.25, -0.2) is 0 Å². The Morgan fingerprint density at radius 1 is 1.00 bits per heavy atom. The van der Waals surface area contributed by atoms with Gasteiger partial charge in [0.15, 0.2) is 0 Å². The third-order valence-corrected chi connectivity index (χ3v) is 4.57. The van der Waals surface area contributed by atoms with Crippen LogP contribution in [0.4, 0.5) is 0 Å². The van der Waals surface area contributed by atoms with Crippen molar-refractivity contribution in [1.29, 1.82) is 0 Å². The number of unbranched alkanes of at least 4 members (excludes halogenated alkanes) is 3. The van der Waals surface area contributed by atoms with Crippen LogP contribution in [0.3, 0.4) is 0 Å². The lowest BCUT2D eigenvalue weighted by Gasteiger charge is -2.22. The van der Waals surface area contributed by atoms with Crippen LogP contribution in [-0.4, -0.2) is 6.54 Å². The molecule has 112 valence electrons. The second-order valence-corrected chi connectivity index (χ2v) is 6.19. The minimum Gasteiger partial charge on any atom is -0.310 e. The Kier molecular flexibility index (Phi) is 6.59. The molecule has 0 radical (unpaired) electrons. The largest absolute Gasteiger partial charge is 0.310 e. The van der Waals surface area contributed by atoms with Gasteiger partial charge in [-0.05, 0) is 55.3 Å². The lowest BCUT2D eigenvalue weighted by Crippen LogP contribution is -2.21. The van der Waals surface area contributed by atoms with Gasteiger partial charge in [0, 0.05) is 6.04 Å². The highest BCUT2D eigenvalue weighted by Crippen LogP contribution is 2.27. The Labute approximate surface area is 125 Å². The summed E-state index contributed by atoms with van der Waals surface area (Å²) in [7, 11) is 0. The number of nitrogens with one attached hydrogen (secondary N) is 1. The molecule has 2 rings (SSSR count). The van der Waals surface area contributed by atoms with Crippen molar-refractivity contribution in [3.63, 3.8) is 0 Å². The Hall–Kier alpha value is -0.820. The van der Waals surface area contributed by atoms with Gasteiger partial charge < -0.3 is 5.32 Å². The predicted molar refractivity (Wildman–Crippen MR) is 88.3 cm³/mol. The van der Waals surface area contributed by atoms with Gasteiger partial charge in [0.1, 0.15) is 0 Å². The lowest BCUT2D eigenvalue weighted by molar-refractivity contribution is 0.481. The van der Waals surface area contributed by atoms with Crippen LogP contribution in [-0.2, 0) is 12.8 Å². The zero-order valence-corrected chi connectivity index (χ0v) is 13.4. The van der Waals surface area contributed by atoms with Crippen molar-refractivity contribution in [3.05, 3.63) is 34.9 Å². The first-order chi connectivity index (χ1) is 9.85. The minimum atomic E-state index is 0.559. The van der Waals surface area contributed by atoms with E-state index in [4.69, 9.17) is 0 Å². The van der Waals surface area contributed by atoms with Crippen LogP contribution in [0.2, 0.25) is 0 Å². The van der Waals surface area contributed by atoms with Crippen molar-refractivity contribution in [2.75, 3.05) is 6.54 Å². The molecule has 1 atom stereocenters. The van der Waals surface area contributed by atoms with Crippen LogP contribution in [0.1, 0.15) is 81.5 Å². The van der Waals surface area contributed by atoms with E-state index in [0.717, 1.165) is 6.54 Å². The van der Waals surface area contributed by atoms with E-state index >= 15 is 0 Å². The Bertz CT molecular complexity index is 397. The molecule has 1 nitrogen and oxygen atoms in total. The molecule has 1 aliphatic rings. The van der Waals surface area contributed by atoms with Gasteiger partial charge >= 0.3 is 0 Å². The van der Waals surface area contributed by atoms with Gasteiger partial charge in [0.05, 0.1) is 0 Å². The molecule has 0 aliphatic heterocycles. The Morgan fingerprint density at radius 3 is 2.55 bits per heavy atom. The molecular weight excluding hydrogens is 242 g/mol. The van der Waals surface area contributed by atoms with Gasteiger partial charge in [0.25, 0.3) is 0 Å². The monoisotopic (exact) mass is 273 g/mol. The molecule has 0 amide bonds. The van der Waals surface area contributed by atoms with E-state index in [-0.39, 0.29) is 0 Å². The van der Waals surface area contributed by atoms with Crippen LogP contribution in [0.15, 0.2) is 18.2 Å². The van der Waals surface area contributed by atoms with Gasteiger partial charge in [-0.1, -0.05) is 57.7 Å². The van der Waals surface area contributed by atoms with Gasteiger partial charge in [-0.3, -0.25) is 0 Å². The van der Waals surface area contributed by atoms with Crippen molar-refractivity contribution >= 4 is 0 Å². The second kappa shape index (κ2) is 8.46. The van der Waals surface area contributed by atoms with Crippen LogP contribution in [0.5, 0.6) is 0 Å². The molecule has 1 unspecified atom stereocenters. The zero-order chi connectivity index (χ0) is 14.2.